The largest absolute Gasteiger partial charge is 0.326 e. The number of hydrogen-bond acceptors (Lipinski definition) is 3. The molecule has 19 heavy (non-hydrogen) atoms. The summed E-state index contributed by atoms with van der Waals surface area (Å²) in [6.07, 6.45) is 1.26. The summed E-state index contributed by atoms with van der Waals surface area (Å²) in [4.78, 5) is 13.8. The van der Waals surface area contributed by atoms with Crippen LogP contribution < -0.4 is 10.6 Å². The third-order valence-electron chi connectivity index (χ3n) is 3.44. The predicted octanol–water partition coefficient (Wildman–Crippen LogP) is 1.97. The van der Waals surface area contributed by atoms with Crippen LogP contribution in [0.4, 0.5) is 5.69 Å². The van der Waals surface area contributed by atoms with E-state index in [1.807, 2.05) is 26.0 Å². The Morgan fingerprint density at radius 3 is 2.79 bits per heavy atom. The van der Waals surface area contributed by atoms with Gasteiger partial charge in [-0.25, -0.2) is 0 Å². The lowest BCUT2D eigenvalue weighted by atomic mass is 9.92. The molecule has 0 atom stereocenters. The Labute approximate surface area is 113 Å². The minimum atomic E-state index is -0.545. The Morgan fingerprint density at radius 1 is 1.42 bits per heavy atom. The topological polar surface area (TPSA) is 70.1 Å². The summed E-state index contributed by atoms with van der Waals surface area (Å²) in [7, 11) is 0. The van der Waals surface area contributed by atoms with Crippen LogP contribution in [0, 0.1) is 16.7 Å². The highest BCUT2D eigenvalue weighted by molar-refractivity contribution is 5.96. The Kier molecular flexibility index (Phi) is 3.59. The fraction of sp³-hybridized carbons (Fsp3) is 0.467. The van der Waals surface area contributed by atoms with Crippen molar-refractivity contribution in [3.8, 4) is 6.07 Å². The van der Waals surface area contributed by atoms with E-state index in [9.17, 15) is 4.79 Å². The first-order valence-corrected chi connectivity index (χ1v) is 6.50. The van der Waals surface area contributed by atoms with Crippen LogP contribution in [0.2, 0.25) is 0 Å². The lowest BCUT2D eigenvalue weighted by Crippen LogP contribution is -2.41. The van der Waals surface area contributed by atoms with Crippen molar-refractivity contribution in [2.75, 3.05) is 11.4 Å². The van der Waals surface area contributed by atoms with Gasteiger partial charge < -0.3 is 10.6 Å². The van der Waals surface area contributed by atoms with Crippen molar-refractivity contribution >= 4 is 11.6 Å². The molecule has 0 aliphatic carbocycles. The average Bonchev–Trinajstić information content (AvgIpc) is 2.41. The van der Waals surface area contributed by atoms with Crippen molar-refractivity contribution in [1.29, 1.82) is 5.26 Å². The monoisotopic (exact) mass is 257 g/mol. The van der Waals surface area contributed by atoms with Gasteiger partial charge >= 0.3 is 0 Å². The predicted molar refractivity (Wildman–Crippen MR) is 74.4 cm³/mol. The highest BCUT2D eigenvalue weighted by atomic mass is 16.2. The molecule has 0 fully saturated rings. The Hall–Kier alpha value is -1.86. The van der Waals surface area contributed by atoms with E-state index in [4.69, 9.17) is 11.0 Å². The van der Waals surface area contributed by atoms with Gasteiger partial charge in [0.05, 0.1) is 11.5 Å². The summed E-state index contributed by atoms with van der Waals surface area (Å²) in [5, 5.41) is 9.14. The zero-order valence-corrected chi connectivity index (χ0v) is 11.4. The molecule has 1 heterocycles. The summed E-state index contributed by atoms with van der Waals surface area (Å²) in [5.41, 5.74) is 8.25. The SMILES string of the molecule is CC(C)(C#N)CN1C(=O)CCc2cc(CN)ccc21. The number of rotatable bonds is 3. The van der Waals surface area contributed by atoms with E-state index in [0.29, 0.717) is 19.5 Å². The minimum absolute atomic E-state index is 0.0938. The Morgan fingerprint density at radius 2 is 2.16 bits per heavy atom. The number of carbonyl (C=O) groups is 1. The van der Waals surface area contributed by atoms with Gasteiger partial charge in [0.1, 0.15) is 0 Å². The second-order valence-corrected chi connectivity index (χ2v) is 5.64. The molecule has 0 spiro atoms. The molecule has 0 saturated heterocycles. The number of nitrogens with zero attached hydrogens (tertiary/aromatic N) is 2. The smallest absolute Gasteiger partial charge is 0.227 e. The number of aryl methyl sites for hydroxylation is 1. The summed E-state index contributed by atoms with van der Waals surface area (Å²) in [6, 6.07) is 8.21. The molecule has 0 unspecified atom stereocenters. The van der Waals surface area contributed by atoms with E-state index in [-0.39, 0.29) is 5.91 Å². The molecule has 2 N–H and O–H groups in total. The number of fused-ring (bicyclic) bond motifs is 1. The maximum atomic E-state index is 12.1. The molecule has 0 radical (unpaired) electrons. The highest BCUT2D eigenvalue weighted by Gasteiger charge is 2.29. The van der Waals surface area contributed by atoms with Gasteiger partial charge in [-0.15, -0.1) is 0 Å². The molecule has 1 aliphatic rings. The summed E-state index contributed by atoms with van der Waals surface area (Å²) < 4.78 is 0. The van der Waals surface area contributed by atoms with E-state index in [1.165, 1.54) is 0 Å². The van der Waals surface area contributed by atoms with Crippen LogP contribution in [0.1, 0.15) is 31.4 Å². The number of benzene rings is 1. The molecule has 100 valence electrons. The van der Waals surface area contributed by atoms with Crippen LogP contribution >= 0.6 is 0 Å². The Balaban J connectivity index is 2.36. The van der Waals surface area contributed by atoms with Crippen LogP contribution in [-0.2, 0) is 17.8 Å². The van der Waals surface area contributed by atoms with E-state index in [1.54, 1.807) is 4.90 Å². The first kappa shape index (κ1) is 13.6. The molecule has 2 rings (SSSR count). The fourth-order valence-corrected chi connectivity index (χ4v) is 2.34. The van der Waals surface area contributed by atoms with Crippen LogP contribution in [0.3, 0.4) is 0 Å². The molecule has 1 aromatic carbocycles. The number of hydrogen-bond donors (Lipinski definition) is 1. The second-order valence-electron chi connectivity index (χ2n) is 5.64. The average molecular weight is 257 g/mol. The molecule has 4 heteroatoms. The molecular formula is C15H19N3O. The lowest BCUT2D eigenvalue weighted by molar-refractivity contribution is -0.119. The van der Waals surface area contributed by atoms with Crippen molar-refractivity contribution in [3.05, 3.63) is 29.3 Å². The van der Waals surface area contributed by atoms with Crippen molar-refractivity contribution < 1.29 is 4.79 Å². The summed E-state index contributed by atoms with van der Waals surface area (Å²) in [5.74, 6) is 0.0938. The fourth-order valence-electron chi connectivity index (χ4n) is 2.34. The van der Waals surface area contributed by atoms with Crippen molar-refractivity contribution in [1.82, 2.24) is 0 Å². The maximum Gasteiger partial charge on any atom is 0.227 e. The van der Waals surface area contributed by atoms with Gasteiger partial charge in [0.25, 0.3) is 0 Å². The molecule has 4 nitrogen and oxygen atoms in total. The number of amides is 1. The zero-order chi connectivity index (χ0) is 14.0. The molecular weight excluding hydrogens is 238 g/mol. The first-order valence-electron chi connectivity index (χ1n) is 6.50. The first-order chi connectivity index (χ1) is 8.96. The molecule has 1 amide bonds. The molecule has 0 bridgehead atoms. The molecule has 0 aromatic heterocycles. The quantitative estimate of drug-likeness (QED) is 0.900. The minimum Gasteiger partial charge on any atom is -0.326 e. The van der Waals surface area contributed by atoms with E-state index < -0.39 is 5.41 Å². The number of carbonyl (C=O) groups excluding carboxylic acids is 1. The van der Waals surface area contributed by atoms with Gasteiger partial charge in [0, 0.05) is 25.2 Å². The van der Waals surface area contributed by atoms with Crippen LogP contribution in [0.15, 0.2) is 18.2 Å². The van der Waals surface area contributed by atoms with E-state index in [0.717, 1.165) is 23.2 Å². The van der Waals surface area contributed by atoms with Gasteiger partial charge in [-0.3, -0.25) is 4.79 Å². The molecule has 1 aromatic rings. The van der Waals surface area contributed by atoms with Crippen LogP contribution in [-0.4, -0.2) is 12.5 Å². The number of nitriles is 1. The highest BCUT2D eigenvalue weighted by Crippen LogP contribution is 2.31. The summed E-state index contributed by atoms with van der Waals surface area (Å²) >= 11 is 0. The van der Waals surface area contributed by atoms with Crippen molar-refractivity contribution in [3.63, 3.8) is 0 Å². The number of anilines is 1. The second kappa shape index (κ2) is 5.02. The number of nitrogens with two attached hydrogens (primary N) is 1. The molecule has 1 aliphatic heterocycles. The van der Waals surface area contributed by atoms with E-state index in [2.05, 4.69) is 12.1 Å². The van der Waals surface area contributed by atoms with Crippen LogP contribution in [0.25, 0.3) is 0 Å². The van der Waals surface area contributed by atoms with Gasteiger partial charge in [0.2, 0.25) is 5.91 Å². The van der Waals surface area contributed by atoms with Crippen molar-refractivity contribution in [2.24, 2.45) is 11.1 Å². The van der Waals surface area contributed by atoms with E-state index >= 15 is 0 Å². The Bertz CT molecular complexity index is 543. The third-order valence-corrected chi connectivity index (χ3v) is 3.44. The van der Waals surface area contributed by atoms with Gasteiger partial charge in [-0.2, -0.15) is 5.26 Å². The van der Waals surface area contributed by atoms with Crippen molar-refractivity contribution in [2.45, 2.75) is 33.2 Å². The van der Waals surface area contributed by atoms with Gasteiger partial charge in [0.15, 0.2) is 0 Å². The normalized spacial score (nSPS) is 15.1. The summed E-state index contributed by atoms with van der Waals surface area (Å²) in [6.45, 7) is 4.63. The lowest BCUT2D eigenvalue weighted by Gasteiger charge is -2.33. The maximum absolute atomic E-state index is 12.1. The third kappa shape index (κ3) is 2.77. The zero-order valence-electron chi connectivity index (χ0n) is 11.4. The standard InChI is InChI=1S/C15H19N3O/c1-15(2,9-17)10-18-13-5-3-11(8-16)7-12(13)4-6-14(18)19/h3,5,7H,4,6,8,10,16H2,1-2H3. The molecule has 0 saturated carbocycles. The van der Waals surface area contributed by atoms with Crippen LogP contribution in [0.5, 0.6) is 0 Å². The van der Waals surface area contributed by atoms with Gasteiger partial charge in [-0.05, 0) is 37.5 Å². The van der Waals surface area contributed by atoms with Gasteiger partial charge in [-0.1, -0.05) is 12.1 Å².